The van der Waals surface area contributed by atoms with Gasteiger partial charge in [-0.1, -0.05) is 30.3 Å². The highest BCUT2D eigenvalue weighted by Crippen LogP contribution is 2.33. The normalized spacial score (nSPS) is 29.5. The molecular weight excluding hydrogens is 140 g/mol. The van der Waals surface area contributed by atoms with Crippen LogP contribution in [0.5, 0.6) is 0 Å². The molecule has 1 aromatic rings. The van der Waals surface area contributed by atoms with Gasteiger partial charge in [-0.15, -0.1) is 0 Å². The van der Waals surface area contributed by atoms with Crippen molar-refractivity contribution in [3.8, 4) is 0 Å². The molecule has 1 saturated heterocycles. The fourth-order valence-electron chi connectivity index (χ4n) is 1.22. The van der Waals surface area contributed by atoms with E-state index >= 15 is 0 Å². The Bertz CT molecular complexity index is 239. The number of hydrogen-bond acceptors (Lipinski definition) is 2. The highest BCUT2D eigenvalue weighted by molar-refractivity contribution is 5.21. The average molecular weight is 150 g/mol. The van der Waals surface area contributed by atoms with Gasteiger partial charge in [0.2, 0.25) is 0 Å². The summed E-state index contributed by atoms with van der Waals surface area (Å²) >= 11 is 0. The van der Waals surface area contributed by atoms with E-state index < -0.39 is 5.79 Å². The van der Waals surface area contributed by atoms with Gasteiger partial charge in [-0.3, -0.25) is 0 Å². The molecule has 0 aliphatic carbocycles. The molecule has 0 radical (unpaired) electrons. The molecule has 1 atom stereocenters. The minimum atomic E-state index is -0.985. The topological polar surface area (TPSA) is 29.5 Å². The Morgan fingerprint density at radius 2 is 1.91 bits per heavy atom. The van der Waals surface area contributed by atoms with Crippen molar-refractivity contribution >= 4 is 0 Å². The van der Waals surface area contributed by atoms with E-state index in [1.165, 1.54) is 0 Å². The lowest BCUT2D eigenvalue weighted by Crippen LogP contribution is -2.40. The van der Waals surface area contributed by atoms with Gasteiger partial charge in [0.25, 0.3) is 0 Å². The predicted molar refractivity (Wildman–Crippen MR) is 40.9 cm³/mol. The third-order valence-electron chi connectivity index (χ3n) is 2.01. The summed E-state index contributed by atoms with van der Waals surface area (Å²) in [7, 11) is 0. The number of hydrogen-bond donors (Lipinski definition) is 1. The first-order valence-electron chi connectivity index (χ1n) is 3.73. The van der Waals surface area contributed by atoms with E-state index in [9.17, 15) is 5.11 Å². The summed E-state index contributed by atoms with van der Waals surface area (Å²) in [5.74, 6) is -0.985. The maximum atomic E-state index is 9.66. The molecule has 1 unspecified atom stereocenters. The van der Waals surface area contributed by atoms with Crippen molar-refractivity contribution in [3.05, 3.63) is 35.9 Å². The quantitative estimate of drug-likeness (QED) is 0.652. The van der Waals surface area contributed by atoms with Crippen molar-refractivity contribution in [1.82, 2.24) is 0 Å². The van der Waals surface area contributed by atoms with Gasteiger partial charge in [-0.2, -0.15) is 0 Å². The molecule has 2 rings (SSSR count). The lowest BCUT2D eigenvalue weighted by Gasteiger charge is -2.36. The lowest BCUT2D eigenvalue weighted by atomic mass is 9.99. The van der Waals surface area contributed by atoms with E-state index in [-0.39, 0.29) is 0 Å². The summed E-state index contributed by atoms with van der Waals surface area (Å²) in [5, 5.41) is 9.66. The summed E-state index contributed by atoms with van der Waals surface area (Å²) < 4.78 is 5.06. The number of benzene rings is 1. The van der Waals surface area contributed by atoms with Crippen LogP contribution in [0.3, 0.4) is 0 Å². The second kappa shape index (κ2) is 2.32. The number of rotatable bonds is 1. The van der Waals surface area contributed by atoms with Crippen LogP contribution in [0.2, 0.25) is 0 Å². The molecule has 1 aliphatic rings. The van der Waals surface area contributed by atoms with Gasteiger partial charge < -0.3 is 9.84 Å². The molecule has 1 aliphatic heterocycles. The van der Waals surface area contributed by atoms with Crippen LogP contribution < -0.4 is 0 Å². The standard InChI is InChI=1S/C9H10O2/c10-9(6-7-11-9)8-4-2-1-3-5-8/h1-5,10H,6-7H2. The maximum absolute atomic E-state index is 9.66. The van der Waals surface area contributed by atoms with Crippen LogP contribution in [0, 0.1) is 0 Å². The molecule has 0 amide bonds. The van der Waals surface area contributed by atoms with E-state index in [2.05, 4.69) is 0 Å². The van der Waals surface area contributed by atoms with Crippen molar-refractivity contribution in [3.63, 3.8) is 0 Å². The first kappa shape index (κ1) is 6.83. The van der Waals surface area contributed by atoms with E-state index in [0.29, 0.717) is 13.0 Å². The second-order valence-corrected chi connectivity index (χ2v) is 2.75. The Labute approximate surface area is 65.4 Å². The first-order chi connectivity index (χ1) is 5.31. The first-order valence-corrected chi connectivity index (χ1v) is 3.73. The molecule has 1 N–H and O–H groups in total. The summed E-state index contributed by atoms with van der Waals surface area (Å²) in [6, 6.07) is 9.47. The molecule has 0 aromatic heterocycles. The Morgan fingerprint density at radius 3 is 2.36 bits per heavy atom. The largest absolute Gasteiger partial charge is 0.362 e. The molecule has 58 valence electrons. The fraction of sp³-hybridized carbons (Fsp3) is 0.333. The highest BCUT2D eigenvalue weighted by Gasteiger charge is 2.37. The summed E-state index contributed by atoms with van der Waals surface area (Å²) in [6.45, 7) is 0.658. The molecule has 2 nitrogen and oxygen atoms in total. The van der Waals surface area contributed by atoms with Gasteiger partial charge in [-0.25, -0.2) is 0 Å². The Balaban J connectivity index is 2.29. The molecule has 0 spiro atoms. The van der Waals surface area contributed by atoms with Crippen LogP contribution in [-0.2, 0) is 10.5 Å². The maximum Gasteiger partial charge on any atom is 0.194 e. The summed E-state index contributed by atoms with van der Waals surface area (Å²) in [5.41, 5.74) is 0.853. The van der Waals surface area contributed by atoms with Gasteiger partial charge in [0.05, 0.1) is 6.61 Å². The van der Waals surface area contributed by atoms with Crippen LogP contribution in [-0.4, -0.2) is 11.7 Å². The number of ether oxygens (including phenoxy) is 1. The zero-order valence-electron chi connectivity index (χ0n) is 6.16. The van der Waals surface area contributed by atoms with Gasteiger partial charge in [-0.05, 0) is 0 Å². The Hall–Kier alpha value is -0.860. The van der Waals surface area contributed by atoms with E-state index in [0.717, 1.165) is 5.56 Å². The highest BCUT2D eigenvalue weighted by atomic mass is 16.6. The zero-order chi connectivity index (χ0) is 7.73. The van der Waals surface area contributed by atoms with Crippen molar-refractivity contribution < 1.29 is 9.84 Å². The van der Waals surface area contributed by atoms with Crippen molar-refractivity contribution in [2.45, 2.75) is 12.2 Å². The number of aliphatic hydroxyl groups is 1. The van der Waals surface area contributed by atoms with Crippen molar-refractivity contribution in [2.24, 2.45) is 0 Å². The average Bonchev–Trinajstić information content (AvgIpc) is 2.02. The van der Waals surface area contributed by atoms with Crippen LogP contribution in [0.4, 0.5) is 0 Å². The SMILES string of the molecule is OC1(c2ccccc2)CCO1. The Morgan fingerprint density at radius 1 is 1.27 bits per heavy atom. The Kier molecular flexibility index (Phi) is 1.44. The van der Waals surface area contributed by atoms with Crippen molar-refractivity contribution in [1.29, 1.82) is 0 Å². The minimum Gasteiger partial charge on any atom is -0.362 e. The van der Waals surface area contributed by atoms with Crippen LogP contribution >= 0.6 is 0 Å². The van der Waals surface area contributed by atoms with Gasteiger partial charge in [0.15, 0.2) is 5.79 Å². The third kappa shape index (κ3) is 1.04. The summed E-state index contributed by atoms with van der Waals surface area (Å²) in [6.07, 6.45) is 0.705. The monoisotopic (exact) mass is 150 g/mol. The fourth-order valence-corrected chi connectivity index (χ4v) is 1.22. The van der Waals surface area contributed by atoms with Crippen LogP contribution in [0.1, 0.15) is 12.0 Å². The zero-order valence-corrected chi connectivity index (χ0v) is 6.16. The second-order valence-electron chi connectivity index (χ2n) is 2.75. The third-order valence-corrected chi connectivity index (χ3v) is 2.01. The van der Waals surface area contributed by atoms with Crippen LogP contribution in [0.25, 0.3) is 0 Å². The molecule has 1 aromatic carbocycles. The molecular formula is C9H10O2. The van der Waals surface area contributed by atoms with Crippen LogP contribution in [0.15, 0.2) is 30.3 Å². The van der Waals surface area contributed by atoms with Gasteiger partial charge in [0, 0.05) is 12.0 Å². The molecule has 2 heteroatoms. The van der Waals surface area contributed by atoms with E-state index in [1.54, 1.807) is 0 Å². The van der Waals surface area contributed by atoms with E-state index in [4.69, 9.17) is 4.74 Å². The van der Waals surface area contributed by atoms with E-state index in [1.807, 2.05) is 30.3 Å². The molecule has 1 heterocycles. The van der Waals surface area contributed by atoms with Gasteiger partial charge >= 0.3 is 0 Å². The summed E-state index contributed by atoms with van der Waals surface area (Å²) in [4.78, 5) is 0. The van der Waals surface area contributed by atoms with Gasteiger partial charge in [0.1, 0.15) is 0 Å². The van der Waals surface area contributed by atoms with Crippen molar-refractivity contribution in [2.75, 3.05) is 6.61 Å². The lowest BCUT2D eigenvalue weighted by molar-refractivity contribution is -0.292. The molecule has 1 fully saturated rings. The molecule has 0 saturated carbocycles. The smallest absolute Gasteiger partial charge is 0.194 e. The molecule has 0 bridgehead atoms. The molecule has 11 heavy (non-hydrogen) atoms. The minimum absolute atomic E-state index is 0.658. The predicted octanol–water partition coefficient (Wildman–Crippen LogP) is 1.25.